The summed E-state index contributed by atoms with van der Waals surface area (Å²) in [5.74, 6) is 0.901. The van der Waals surface area contributed by atoms with Gasteiger partial charge in [0, 0.05) is 12.6 Å². The minimum Gasteiger partial charge on any atom is -0.355 e. The number of piperazine rings is 1. The summed E-state index contributed by atoms with van der Waals surface area (Å²) < 4.78 is 0. The van der Waals surface area contributed by atoms with E-state index in [0.717, 1.165) is 32.0 Å². The Bertz CT molecular complexity index is 486. The third kappa shape index (κ3) is 5.00. The number of H-pyrrole nitrogens is 1. The summed E-state index contributed by atoms with van der Waals surface area (Å²) in [5, 5.41) is 5.32. The van der Waals surface area contributed by atoms with E-state index in [2.05, 4.69) is 26.6 Å². The Morgan fingerprint density at radius 1 is 1.23 bits per heavy atom. The van der Waals surface area contributed by atoms with Crippen molar-refractivity contribution >= 4 is 17.6 Å². The first-order valence-corrected chi connectivity index (χ1v) is 7.77. The van der Waals surface area contributed by atoms with E-state index in [0.29, 0.717) is 13.1 Å². The Labute approximate surface area is 130 Å². The van der Waals surface area contributed by atoms with Gasteiger partial charge in [-0.15, -0.1) is 0 Å². The summed E-state index contributed by atoms with van der Waals surface area (Å²) in [5.41, 5.74) is 0. The molecule has 7 nitrogen and oxygen atoms in total. The van der Waals surface area contributed by atoms with Gasteiger partial charge in [0.25, 0.3) is 11.7 Å². The van der Waals surface area contributed by atoms with Gasteiger partial charge in [0.15, 0.2) is 6.54 Å². The van der Waals surface area contributed by atoms with E-state index in [1.54, 1.807) is 0 Å². The minimum atomic E-state index is -0.143. The lowest BCUT2D eigenvalue weighted by molar-refractivity contribution is -0.892. The molecule has 0 aromatic carbocycles. The second-order valence-corrected chi connectivity index (χ2v) is 5.39. The number of rotatable bonds is 6. The predicted molar refractivity (Wildman–Crippen MR) is 82.5 cm³/mol. The van der Waals surface area contributed by atoms with E-state index in [9.17, 15) is 9.59 Å². The second kappa shape index (κ2) is 8.33. The van der Waals surface area contributed by atoms with Gasteiger partial charge in [0.05, 0.1) is 12.7 Å². The summed E-state index contributed by atoms with van der Waals surface area (Å²) in [6.45, 7) is 6.58. The van der Waals surface area contributed by atoms with Crippen LogP contribution in [0.25, 0.3) is 0 Å². The number of amides is 2. The number of hydrogen-bond acceptors (Lipinski definition) is 3. The Kier molecular flexibility index (Phi) is 6.14. The first-order valence-electron chi connectivity index (χ1n) is 7.77. The first-order chi connectivity index (χ1) is 10.7. The fourth-order valence-electron chi connectivity index (χ4n) is 2.55. The molecule has 0 unspecified atom stereocenters. The maximum Gasteiger partial charge on any atom is 0.275 e. The molecule has 1 aliphatic heterocycles. The number of nitrogens with zero attached hydrogens (tertiary/aromatic N) is 1. The van der Waals surface area contributed by atoms with Crippen LogP contribution in [-0.4, -0.2) is 57.6 Å². The van der Waals surface area contributed by atoms with Crippen molar-refractivity contribution in [3.05, 3.63) is 24.4 Å². The van der Waals surface area contributed by atoms with E-state index in [1.165, 1.54) is 4.90 Å². The van der Waals surface area contributed by atoms with Gasteiger partial charge in [-0.25, -0.2) is 4.98 Å². The normalized spacial score (nSPS) is 15.4. The monoisotopic (exact) mass is 307 g/mol. The lowest BCUT2D eigenvalue weighted by atomic mass is 10.3. The highest BCUT2D eigenvalue weighted by atomic mass is 16.2. The van der Waals surface area contributed by atoms with Gasteiger partial charge < -0.3 is 15.5 Å². The molecule has 1 aromatic rings. The Hall–Kier alpha value is -2.15. The van der Waals surface area contributed by atoms with Crippen LogP contribution in [0.5, 0.6) is 0 Å². The zero-order chi connectivity index (χ0) is 15.8. The number of likely N-dealkylation sites (N-methyl/N-ethyl adjacent to an activating group) is 1. The van der Waals surface area contributed by atoms with Crippen molar-refractivity contribution in [2.24, 2.45) is 0 Å². The zero-order valence-corrected chi connectivity index (χ0v) is 13.0. The molecule has 0 spiro atoms. The van der Waals surface area contributed by atoms with Gasteiger partial charge in [-0.3, -0.25) is 14.5 Å². The summed E-state index contributed by atoms with van der Waals surface area (Å²) in [6, 6.07) is 6.04. The largest absolute Gasteiger partial charge is 0.355 e. The van der Waals surface area contributed by atoms with Crippen LogP contribution in [0.15, 0.2) is 24.4 Å². The van der Waals surface area contributed by atoms with Crippen molar-refractivity contribution in [2.75, 3.05) is 50.7 Å². The molecule has 1 fully saturated rings. The molecular formula is C15H25N5O2+2. The molecule has 2 heterocycles. The minimum absolute atomic E-state index is 0.0606. The number of pyridine rings is 1. The zero-order valence-electron chi connectivity index (χ0n) is 13.0. The number of quaternary nitrogens is 1. The molecule has 22 heavy (non-hydrogen) atoms. The quantitative estimate of drug-likeness (QED) is 0.542. The molecule has 1 saturated heterocycles. The highest BCUT2D eigenvalue weighted by molar-refractivity contribution is 5.84. The van der Waals surface area contributed by atoms with Crippen LogP contribution in [0.4, 0.5) is 5.82 Å². The van der Waals surface area contributed by atoms with Gasteiger partial charge in [-0.1, -0.05) is 6.07 Å². The van der Waals surface area contributed by atoms with E-state index in [4.69, 9.17) is 0 Å². The van der Waals surface area contributed by atoms with Crippen LogP contribution in [0.3, 0.4) is 0 Å². The topological polar surface area (TPSA) is 80.0 Å². The molecule has 1 aliphatic rings. The van der Waals surface area contributed by atoms with Crippen molar-refractivity contribution in [1.29, 1.82) is 0 Å². The number of aromatic nitrogens is 1. The third-order valence-corrected chi connectivity index (χ3v) is 3.73. The first kappa shape index (κ1) is 16.2. The van der Waals surface area contributed by atoms with E-state index >= 15 is 0 Å². The smallest absolute Gasteiger partial charge is 0.275 e. The van der Waals surface area contributed by atoms with Crippen molar-refractivity contribution in [2.45, 2.75) is 6.92 Å². The van der Waals surface area contributed by atoms with Gasteiger partial charge in [-0.05, 0) is 13.0 Å². The maximum absolute atomic E-state index is 11.8. The molecule has 0 atom stereocenters. The Morgan fingerprint density at radius 3 is 2.64 bits per heavy atom. The standard InChI is InChI=1S/C15H23N5O2/c1-2-16-14(21)11-18-15(22)12-19-7-9-20(10-8-19)13-5-3-4-6-17-13/h3-6H,2,7-12H2,1H3,(H,16,21)(H,18,22)/p+2. The highest BCUT2D eigenvalue weighted by Gasteiger charge is 2.27. The molecule has 0 aliphatic carbocycles. The lowest BCUT2D eigenvalue weighted by Gasteiger charge is -2.27. The number of anilines is 1. The SMILES string of the molecule is CCNC(=O)CNC(=O)C[NH+]1CCN(c2cccc[nH+]2)CC1. The molecular weight excluding hydrogens is 282 g/mol. The average Bonchev–Trinajstić information content (AvgIpc) is 2.55. The summed E-state index contributed by atoms with van der Waals surface area (Å²) in [7, 11) is 0. The Balaban J connectivity index is 1.69. The number of hydrogen-bond donors (Lipinski definition) is 3. The number of carbonyl (C=O) groups excluding carboxylic acids is 2. The van der Waals surface area contributed by atoms with Crippen molar-refractivity contribution < 1.29 is 19.5 Å². The molecule has 2 amide bonds. The number of aromatic amines is 1. The second-order valence-electron chi connectivity index (χ2n) is 5.39. The van der Waals surface area contributed by atoms with Gasteiger partial charge >= 0.3 is 0 Å². The summed E-state index contributed by atoms with van der Waals surface area (Å²) >= 11 is 0. The fourth-order valence-corrected chi connectivity index (χ4v) is 2.55. The molecule has 7 heteroatoms. The van der Waals surface area contributed by atoms with Crippen molar-refractivity contribution in [3.63, 3.8) is 0 Å². The van der Waals surface area contributed by atoms with Crippen LogP contribution in [0, 0.1) is 0 Å². The Morgan fingerprint density at radius 2 is 2.00 bits per heavy atom. The van der Waals surface area contributed by atoms with Crippen LogP contribution in [0.1, 0.15) is 6.92 Å². The van der Waals surface area contributed by atoms with Crippen LogP contribution >= 0.6 is 0 Å². The molecule has 120 valence electrons. The third-order valence-electron chi connectivity index (χ3n) is 3.73. The predicted octanol–water partition coefficient (Wildman–Crippen LogP) is -2.54. The maximum atomic E-state index is 11.8. The van der Waals surface area contributed by atoms with E-state index in [-0.39, 0.29) is 18.4 Å². The highest BCUT2D eigenvalue weighted by Crippen LogP contribution is 2.04. The van der Waals surface area contributed by atoms with Crippen LogP contribution in [-0.2, 0) is 9.59 Å². The summed E-state index contributed by atoms with van der Waals surface area (Å²) in [4.78, 5) is 29.9. The molecule has 0 saturated carbocycles. The summed E-state index contributed by atoms with van der Waals surface area (Å²) in [6.07, 6.45) is 1.92. The number of nitrogens with one attached hydrogen (secondary N) is 4. The van der Waals surface area contributed by atoms with Gasteiger partial charge in [0.2, 0.25) is 5.91 Å². The van der Waals surface area contributed by atoms with Crippen LogP contribution < -0.4 is 25.4 Å². The van der Waals surface area contributed by atoms with Crippen molar-refractivity contribution in [3.8, 4) is 0 Å². The lowest BCUT2D eigenvalue weighted by Crippen LogP contribution is -3.16. The van der Waals surface area contributed by atoms with E-state index < -0.39 is 0 Å². The van der Waals surface area contributed by atoms with Crippen molar-refractivity contribution in [1.82, 2.24) is 10.6 Å². The molecule has 0 bridgehead atoms. The number of carbonyl (C=O) groups is 2. The fraction of sp³-hybridized carbons (Fsp3) is 0.533. The molecule has 4 N–H and O–H groups in total. The van der Waals surface area contributed by atoms with Gasteiger partial charge in [-0.2, -0.15) is 0 Å². The average molecular weight is 307 g/mol. The van der Waals surface area contributed by atoms with Crippen LogP contribution in [0.2, 0.25) is 0 Å². The molecule has 1 aromatic heterocycles. The molecule has 0 radical (unpaired) electrons. The molecule has 2 rings (SSSR count). The van der Waals surface area contributed by atoms with E-state index in [1.807, 2.05) is 25.3 Å². The van der Waals surface area contributed by atoms with Gasteiger partial charge in [0.1, 0.15) is 26.2 Å².